The summed E-state index contributed by atoms with van der Waals surface area (Å²) in [6.45, 7) is 5.53. The highest BCUT2D eigenvalue weighted by molar-refractivity contribution is 6.29. The molecule has 0 saturated heterocycles. The molecule has 1 aromatic rings. The molecular formula is C11H13ClN2O. The van der Waals surface area contributed by atoms with E-state index in [9.17, 15) is 4.79 Å². The van der Waals surface area contributed by atoms with Gasteiger partial charge < -0.3 is 5.32 Å². The van der Waals surface area contributed by atoms with E-state index in [2.05, 4.69) is 16.9 Å². The zero-order chi connectivity index (χ0) is 11.3. The molecular weight excluding hydrogens is 212 g/mol. The Morgan fingerprint density at radius 2 is 2.53 bits per heavy atom. The lowest BCUT2D eigenvalue weighted by molar-refractivity contribution is 0.0940. The SMILES string of the molecule is C=CCC(C)NC(=O)c1ccnc(Cl)c1. The van der Waals surface area contributed by atoms with Gasteiger partial charge in [0.15, 0.2) is 0 Å². The number of pyridine rings is 1. The molecule has 1 N–H and O–H groups in total. The first-order valence-corrected chi connectivity index (χ1v) is 5.04. The van der Waals surface area contributed by atoms with Crippen molar-refractivity contribution in [3.63, 3.8) is 0 Å². The Hall–Kier alpha value is -1.35. The molecule has 0 spiro atoms. The Labute approximate surface area is 94.2 Å². The number of hydrogen-bond donors (Lipinski definition) is 1. The molecule has 0 radical (unpaired) electrons. The van der Waals surface area contributed by atoms with Gasteiger partial charge in [-0.25, -0.2) is 4.98 Å². The normalized spacial score (nSPS) is 11.9. The molecule has 15 heavy (non-hydrogen) atoms. The third-order valence-corrected chi connectivity index (χ3v) is 2.09. The summed E-state index contributed by atoms with van der Waals surface area (Å²) in [5.41, 5.74) is 0.519. The van der Waals surface area contributed by atoms with E-state index in [1.165, 1.54) is 12.3 Å². The lowest BCUT2D eigenvalue weighted by Gasteiger charge is -2.11. The molecule has 3 nitrogen and oxygen atoms in total. The molecule has 0 bridgehead atoms. The van der Waals surface area contributed by atoms with E-state index in [1.54, 1.807) is 12.1 Å². The Kier molecular flexibility index (Phi) is 4.31. The van der Waals surface area contributed by atoms with Gasteiger partial charge in [-0.1, -0.05) is 17.7 Å². The van der Waals surface area contributed by atoms with Gasteiger partial charge >= 0.3 is 0 Å². The van der Waals surface area contributed by atoms with Crippen LogP contribution in [0.2, 0.25) is 5.15 Å². The lowest BCUT2D eigenvalue weighted by atomic mass is 10.2. The lowest BCUT2D eigenvalue weighted by Crippen LogP contribution is -2.32. The summed E-state index contributed by atoms with van der Waals surface area (Å²) < 4.78 is 0. The summed E-state index contributed by atoms with van der Waals surface area (Å²) in [6, 6.07) is 3.24. The largest absolute Gasteiger partial charge is 0.349 e. The zero-order valence-electron chi connectivity index (χ0n) is 8.53. The molecule has 0 fully saturated rings. The summed E-state index contributed by atoms with van der Waals surface area (Å²) in [4.78, 5) is 15.5. The van der Waals surface area contributed by atoms with Crippen LogP contribution in [0, 0.1) is 0 Å². The minimum Gasteiger partial charge on any atom is -0.349 e. The van der Waals surface area contributed by atoms with E-state index in [0.717, 1.165) is 6.42 Å². The van der Waals surface area contributed by atoms with Crippen molar-refractivity contribution in [1.29, 1.82) is 0 Å². The van der Waals surface area contributed by atoms with Crippen molar-refractivity contribution >= 4 is 17.5 Å². The number of halogens is 1. The van der Waals surface area contributed by atoms with Crippen LogP contribution in [-0.4, -0.2) is 16.9 Å². The quantitative estimate of drug-likeness (QED) is 0.631. The molecule has 1 rings (SSSR count). The smallest absolute Gasteiger partial charge is 0.251 e. The van der Waals surface area contributed by atoms with Crippen LogP contribution in [0.3, 0.4) is 0 Å². The second-order valence-electron chi connectivity index (χ2n) is 3.27. The van der Waals surface area contributed by atoms with Gasteiger partial charge in [-0.15, -0.1) is 6.58 Å². The highest BCUT2D eigenvalue weighted by Gasteiger charge is 2.08. The summed E-state index contributed by atoms with van der Waals surface area (Å²) in [7, 11) is 0. The van der Waals surface area contributed by atoms with Crippen molar-refractivity contribution in [2.24, 2.45) is 0 Å². The second kappa shape index (κ2) is 5.51. The van der Waals surface area contributed by atoms with Crippen LogP contribution in [0.4, 0.5) is 0 Å². The fourth-order valence-corrected chi connectivity index (χ4v) is 1.33. The number of amides is 1. The number of rotatable bonds is 4. The van der Waals surface area contributed by atoms with Gasteiger partial charge in [0.1, 0.15) is 5.15 Å². The number of nitrogens with zero attached hydrogens (tertiary/aromatic N) is 1. The summed E-state index contributed by atoms with van der Waals surface area (Å²) in [6.07, 6.45) is 4.02. The van der Waals surface area contributed by atoms with Gasteiger partial charge in [-0.05, 0) is 25.5 Å². The molecule has 0 aliphatic heterocycles. The molecule has 0 aromatic carbocycles. The van der Waals surface area contributed by atoms with Gasteiger partial charge in [-0.3, -0.25) is 4.79 Å². The number of carbonyl (C=O) groups is 1. The first-order valence-electron chi connectivity index (χ1n) is 4.67. The van der Waals surface area contributed by atoms with E-state index in [1.807, 2.05) is 6.92 Å². The number of hydrogen-bond acceptors (Lipinski definition) is 2. The average molecular weight is 225 g/mol. The predicted molar refractivity (Wildman–Crippen MR) is 61.0 cm³/mol. The zero-order valence-corrected chi connectivity index (χ0v) is 9.29. The predicted octanol–water partition coefficient (Wildman–Crippen LogP) is 2.43. The number of aromatic nitrogens is 1. The summed E-state index contributed by atoms with van der Waals surface area (Å²) >= 11 is 5.68. The Bertz CT molecular complexity index is 365. The van der Waals surface area contributed by atoms with Crippen LogP contribution in [0.5, 0.6) is 0 Å². The molecule has 1 heterocycles. The van der Waals surface area contributed by atoms with Crippen molar-refractivity contribution in [2.75, 3.05) is 0 Å². The van der Waals surface area contributed by atoms with Gasteiger partial charge in [0.05, 0.1) is 0 Å². The molecule has 1 aromatic heterocycles. The highest BCUT2D eigenvalue weighted by Crippen LogP contribution is 2.07. The Balaban J connectivity index is 2.65. The average Bonchev–Trinajstić information content (AvgIpc) is 2.18. The number of nitrogens with one attached hydrogen (secondary N) is 1. The van der Waals surface area contributed by atoms with Crippen LogP contribution in [-0.2, 0) is 0 Å². The maximum absolute atomic E-state index is 11.7. The fraction of sp³-hybridized carbons (Fsp3) is 0.273. The van der Waals surface area contributed by atoms with Gasteiger partial charge in [0.2, 0.25) is 0 Å². The second-order valence-corrected chi connectivity index (χ2v) is 3.65. The topological polar surface area (TPSA) is 42.0 Å². The van der Waals surface area contributed by atoms with Crippen LogP contribution < -0.4 is 5.32 Å². The maximum Gasteiger partial charge on any atom is 0.251 e. The highest BCUT2D eigenvalue weighted by atomic mass is 35.5. The molecule has 0 aliphatic rings. The maximum atomic E-state index is 11.7. The van der Waals surface area contributed by atoms with Crippen LogP contribution in [0.15, 0.2) is 31.0 Å². The Morgan fingerprint density at radius 3 is 3.13 bits per heavy atom. The van der Waals surface area contributed by atoms with Crippen molar-refractivity contribution in [3.05, 3.63) is 41.7 Å². The van der Waals surface area contributed by atoms with Gasteiger partial charge in [0.25, 0.3) is 5.91 Å². The molecule has 1 unspecified atom stereocenters. The minimum absolute atomic E-state index is 0.0712. The minimum atomic E-state index is -0.145. The van der Waals surface area contributed by atoms with Crippen LogP contribution >= 0.6 is 11.6 Å². The summed E-state index contributed by atoms with van der Waals surface area (Å²) in [5.74, 6) is -0.145. The standard InChI is InChI=1S/C11H13ClN2O/c1-3-4-8(2)14-11(15)9-5-6-13-10(12)7-9/h3,5-8H,1,4H2,2H3,(H,14,15). The Morgan fingerprint density at radius 1 is 1.80 bits per heavy atom. The third-order valence-electron chi connectivity index (χ3n) is 1.89. The molecule has 0 saturated carbocycles. The van der Waals surface area contributed by atoms with E-state index >= 15 is 0 Å². The van der Waals surface area contributed by atoms with E-state index in [4.69, 9.17) is 11.6 Å². The van der Waals surface area contributed by atoms with Crippen molar-refractivity contribution < 1.29 is 4.79 Å². The molecule has 0 aliphatic carbocycles. The van der Waals surface area contributed by atoms with E-state index < -0.39 is 0 Å². The molecule has 80 valence electrons. The van der Waals surface area contributed by atoms with Gasteiger partial charge in [-0.2, -0.15) is 0 Å². The first kappa shape index (κ1) is 11.7. The van der Waals surface area contributed by atoms with Crippen molar-refractivity contribution in [2.45, 2.75) is 19.4 Å². The first-order chi connectivity index (χ1) is 7.13. The van der Waals surface area contributed by atoms with E-state index in [-0.39, 0.29) is 11.9 Å². The van der Waals surface area contributed by atoms with E-state index in [0.29, 0.717) is 10.7 Å². The fourth-order valence-electron chi connectivity index (χ4n) is 1.16. The molecule has 1 atom stereocenters. The number of carbonyl (C=O) groups excluding carboxylic acids is 1. The van der Waals surface area contributed by atoms with Crippen molar-refractivity contribution in [1.82, 2.24) is 10.3 Å². The van der Waals surface area contributed by atoms with Gasteiger partial charge in [0, 0.05) is 17.8 Å². The van der Waals surface area contributed by atoms with Crippen molar-refractivity contribution in [3.8, 4) is 0 Å². The third kappa shape index (κ3) is 3.72. The monoisotopic (exact) mass is 224 g/mol. The van der Waals surface area contributed by atoms with Crippen LogP contribution in [0.25, 0.3) is 0 Å². The summed E-state index contributed by atoms with van der Waals surface area (Å²) in [5, 5.41) is 3.15. The molecule has 1 amide bonds. The molecule has 4 heteroatoms. The van der Waals surface area contributed by atoms with Crippen LogP contribution in [0.1, 0.15) is 23.7 Å².